The maximum atomic E-state index is 12.8. The summed E-state index contributed by atoms with van der Waals surface area (Å²) in [6.45, 7) is 1.42. The zero-order valence-electron chi connectivity index (χ0n) is 16.2. The quantitative estimate of drug-likeness (QED) is 0.872. The molecular weight excluding hydrogens is 366 g/mol. The van der Waals surface area contributed by atoms with Gasteiger partial charge in [0.25, 0.3) is 5.91 Å². The third kappa shape index (κ3) is 3.39. The van der Waals surface area contributed by atoms with Crippen molar-refractivity contribution in [3.8, 4) is 0 Å². The van der Waals surface area contributed by atoms with Crippen LogP contribution in [0.1, 0.15) is 41.6 Å². The summed E-state index contributed by atoms with van der Waals surface area (Å²) >= 11 is 0. The van der Waals surface area contributed by atoms with Gasteiger partial charge in [-0.2, -0.15) is 0 Å². The van der Waals surface area contributed by atoms with Crippen molar-refractivity contribution >= 4 is 34.8 Å². The molecule has 6 heteroatoms. The number of carbonyl (C=O) groups is 3. The maximum absolute atomic E-state index is 12.8. The highest BCUT2D eigenvalue weighted by atomic mass is 16.2. The molecule has 1 N–H and O–H groups in total. The van der Waals surface area contributed by atoms with Crippen LogP contribution in [0.15, 0.2) is 42.5 Å². The highest BCUT2D eigenvalue weighted by molar-refractivity contribution is 6.06. The van der Waals surface area contributed by atoms with Gasteiger partial charge < -0.3 is 15.1 Å². The number of amides is 3. The molecule has 1 saturated heterocycles. The van der Waals surface area contributed by atoms with Crippen LogP contribution in [0.3, 0.4) is 0 Å². The standard InChI is InChI=1S/C23H23N3O3/c27-21-5-2-11-25(21)19-4-1-3-17(14-19)22(28)24-18-8-9-20-16(13-18)10-12-26(20)23(29)15-6-7-15/h1,3-4,8-9,13-15H,2,5-7,10-12H2,(H,24,28). The lowest BCUT2D eigenvalue weighted by molar-refractivity contribution is -0.119. The number of hydrogen-bond donors (Lipinski definition) is 1. The number of nitrogens with one attached hydrogen (secondary N) is 1. The van der Waals surface area contributed by atoms with E-state index in [1.807, 2.05) is 29.2 Å². The van der Waals surface area contributed by atoms with E-state index in [9.17, 15) is 14.4 Å². The van der Waals surface area contributed by atoms with E-state index >= 15 is 0 Å². The number of benzene rings is 2. The van der Waals surface area contributed by atoms with Gasteiger partial charge in [-0.15, -0.1) is 0 Å². The molecule has 2 aromatic rings. The van der Waals surface area contributed by atoms with Crippen molar-refractivity contribution in [3.05, 3.63) is 53.6 Å². The van der Waals surface area contributed by atoms with Crippen LogP contribution in [-0.4, -0.2) is 30.8 Å². The minimum atomic E-state index is -0.206. The van der Waals surface area contributed by atoms with Gasteiger partial charge in [0, 0.05) is 48.1 Å². The number of hydrogen-bond acceptors (Lipinski definition) is 3. The number of anilines is 3. The van der Waals surface area contributed by atoms with Gasteiger partial charge in [-0.05, 0) is 67.6 Å². The third-order valence-electron chi connectivity index (χ3n) is 5.92. The lowest BCUT2D eigenvalue weighted by atomic mass is 10.1. The number of fused-ring (bicyclic) bond motifs is 1. The molecule has 0 aromatic heterocycles. The van der Waals surface area contributed by atoms with Gasteiger partial charge in [0.15, 0.2) is 0 Å². The Morgan fingerprint density at radius 3 is 2.62 bits per heavy atom. The Balaban J connectivity index is 1.31. The molecule has 0 spiro atoms. The lowest BCUT2D eigenvalue weighted by Crippen LogP contribution is -2.30. The van der Waals surface area contributed by atoms with Gasteiger partial charge in [0.1, 0.15) is 0 Å². The summed E-state index contributed by atoms with van der Waals surface area (Å²) in [5.41, 5.74) is 4.07. The van der Waals surface area contributed by atoms with E-state index in [0.29, 0.717) is 25.1 Å². The minimum absolute atomic E-state index is 0.103. The van der Waals surface area contributed by atoms with Crippen LogP contribution in [-0.2, 0) is 16.0 Å². The van der Waals surface area contributed by atoms with Crippen molar-refractivity contribution in [1.29, 1.82) is 0 Å². The van der Waals surface area contributed by atoms with E-state index in [2.05, 4.69) is 5.32 Å². The molecule has 29 heavy (non-hydrogen) atoms. The summed E-state index contributed by atoms with van der Waals surface area (Å²) < 4.78 is 0. The smallest absolute Gasteiger partial charge is 0.255 e. The SMILES string of the molecule is O=C(Nc1ccc2c(c1)CCN2C(=O)C1CC1)c1cccc(N2CCCC2=O)c1. The van der Waals surface area contributed by atoms with E-state index in [1.165, 1.54) is 0 Å². The summed E-state index contributed by atoms with van der Waals surface area (Å²) in [6, 6.07) is 12.9. The summed E-state index contributed by atoms with van der Waals surface area (Å²) in [5.74, 6) is 0.331. The summed E-state index contributed by atoms with van der Waals surface area (Å²) in [6.07, 6.45) is 4.22. The Morgan fingerprint density at radius 2 is 1.86 bits per heavy atom. The molecule has 0 radical (unpaired) electrons. The second-order valence-corrected chi connectivity index (χ2v) is 8.01. The first-order chi connectivity index (χ1) is 14.1. The first kappa shape index (κ1) is 17.9. The van der Waals surface area contributed by atoms with Gasteiger partial charge in [0.2, 0.25) is 11.8 Å². The normalized spacial score (nSPS) is 18.1. The van der Waals surface area contributed by atoms with Crippen molar-refractivity contribution < 1.29 is 14.4 Å². The number of rotatable bonds is 4. The van der Waals surface area contributed by atoms with Crippen LogP contribution in [0, 0.1) is 5.92 Å². The molecular formula is C23H23N3O3. The molecule has 6 nitrogen and oxygen atoms in total. The van der Waals surface area contributed by atoms with Gasteiger partial charge in [0.05, 0.1) is 0 Å². The molecule has 2 aliphatic heterocycles. The fraction of sp³-hybridized carbons (Fsp3) is 0.348. The Morgan fingerprint density at radius 1 is 1.00 bits per heavy atom. The highest BCUT2D eigenvalue weighted by Gasteiger charge is 2.36. The molecule has 0 bridgehead atoms. The Kier molecular flexibility index (Phi) is 4.34. The fourth-order valence-electron chi connectivity index (χ4n) is 4.20. The first-order valence-corrected chi connectivity index (χ1v) is 10.3. The summed E-state index contributed by atoms with van der Waals surface area (Å²) in [5, 5.41) is 2.95. The molecule has 3 amide bonds. The van der Waals surface area contributed by atoms with Crippen LogP contribution in [0.25, 0.3) is 0 Å². The molecule has 2 heterocycles. The molecule has 2 fully saturated rings. The van der Waals surface area contributed by atoms with E-state index < -0.39 is 0 Å². The number of nitrogens with zero attached hydrogens (tertiary/aromatic N) is 2. The van der Waals surface area contributed by atoms with E-state index in [0.717, 1.165) is 48.3 Å². The van der Waals surface area contributed by atoms with Gasteiger partial charge >= 0.3 is 0 Å². The lowest BCUT2D eigenvalue weighted by Gasteiger charge is -2.18. The highest BCUT2D eigenvalue weighted by Crippen LogP contribution is 2.37. The molecule has 3 aliphatic rings. The predicted molar refractivity (Wildman–Crippen MR) is 111 cm³/mol. The Hall–Kier alpha value is -3.15. The van der Waals surface area contributed by atoms with Crippen LogP contribution in [0.2, 0.25) is 0 Å². The minimum Gasteiger partial charge on any atom is -0.322 e. The Labute approximate surface area is 169 Å². The second kappa shape index (κ2) is 7.03. The second-order valence-electron chi connectivity index (χ2n) is 8.01. The zero-order chi connectivity index (χ0) is 20.0. The first-order valence-electron chi connectivity index (χ1n) is 10.3. The third-order valence-corrected chi connectivity index (χ3v) is 5.92. The molecule has 1 aliphatic carbocycles. The van der Waals surface area contributed by atoms with Crippen LogP contribution in [0.4, 0.5) is 17.1 Å². The van der Waals surface area contributed by atoms with E-state index in [4.69, 9.17) is 0 Å². The topological polar surface area (TPSA) is 69.7 Å². The van der Waals surface area contributed by atoms with Crippen molar-refractivity contribution in [2.24, 2.45) is 5.92 Å². The van der Waals surface area contributed by atoms with Gasteiger partial charge in [-0.1, -0.05) is 6.07 Å². The summed E-state index contributed by atoms with van der Waals surface area (Å²) in [7, 11) is 0. The van der Waals surface area contributed by atoms with Crippen LogP contribution < -0.4 is 15.1 Å². The van der Waals surface area contributed by atoms with Gasteiger partial charge in [-0.25, -0.2) is 0 Å². The van der Waals surface area contributed by atoms with E-state index in [1.54, 1.807) is 23.1 Å². The molecule has 148 valence electrons. The Bertz CT molecular complexity index is 1010. The van der Waals surface area contributed by atoms with Crippen molar-refractivity contribution in [2.75, 3.05) is 28.2 Å². The van der Waals surface area contributed by atoms with Gasteiger partial charge in [-0.3, -0.25) is 14.4 Å². The largest absolute Gasteiger partial charge is 0.322 e. The van der Waals surface area contributed by atoms with Crippen molar-refractivity contribution in [3.63, 3.8) is 0 Å². The summed E-state index contributed by atoms with van der Waals surface area (Å²) in [4.78, 5) is 40.8. The fourth-order valence-corrected chi connectivity index (χ4v) is 4.20. The van der Waals surface area contributed by atoms with Crippen LogP contribution >= 0.6 is 0 Å². The van der Waals surface area contributed by atoms with Crippen molar-refractivity contribution in [1.82, 2.24) is 0 Å². The van der Waals surface area contributed by atoms with E-state index in [-0.39, 0.29) is 23.6 Å². The van der Waals surface area contributed by atoms with Crippen LogP contribution in [0.5, 0.6) is 0 Å². The molecule has 5 rings (SSSR count). The zero-order valence-corrected chi connectivity index (χ0v) is 16.2. The molecule has 0 atom stereocenters. The van der Waals surface area contributed by atoms with Crippen molar-refractivity contribution in [2.45, 2.75) is 32.1 Å². The average Bonchev–Trinajstić information content (AvgIpc) is 3.36. The monoisotopic (exact) mass is 389 g/mol. The maximum Gasteiger partial charge on any atom is 0.255 e. The molecule has 1 saturated carbocycles. The average molecular weight is 389 g/mol. The molecule has 2 aromatic carbocycles. The molecule has 0 unspecified atom stereocenters. The number of carbonyl (C=O) groups excluding carboxylic acids is 3. The predicted octanol–water partition coefficient (Wildman–Crippen LogP) is 3.36.